The van der Waals surface area contributed by atoms with Gasteiger partial charge >= 0.3 is 5.97 Å². The highest BCUT2D eigenvalue weighted by Gasteiger charge is 2.29. The first-order chi connectivity index (χ1) is 8.42. The van der Waals surface area contributed by atoms with Gasteiger partial charge in [0.25, 0.3) is 0 Å². The lowest BCUT2D eigenvalue weighted by Gasteiger charge is -2.25. The molecule has 2 atom stereocenters. The molecule has 0 aromatic rings. The molecular formula is C11H23NO6. The second-order valence-corrected chi connectivity index (χ2v) is 4.36. The van der Waals surface area contributed by atoms with Crippen molar-refractivity contribution in [2.45, 2.75) is 31.2 Å². The van der Waals surface area contributed by atoms with Gasteiger partial charge in [0.2, 0.25) is 0 Å². The molecule has 7 heteroatoms. The van der Waals surface area contributed by atoms with Crippen LogP contribution < -0.4 is 0 Å². The third-order valence-electron chi connectivity index (χ3n) is 2.39. The van der Waals surface area contributed by atoms with Crippen LogP contribution >= 0.6 is 0 Å². The predicted molar refractivity (Wildman–Crippen MR) is 63.9 cm³/mol. The Labute approximate surface area is 107 Å². The second kappa shape index (κ2) is 9.23. The van der Waals surface area contributed by atoms with Crippen LogP contribution in [-0.4, -0.2) is 83.5 Å². The Morgan fingerprint density at radius 2 is 1.67 bits per heavy atom. The van der Waals surface area contributed by atoms with Crippen LogP contribution in [0, 0.1) is 0 Å². The average Bonchev–Trinajstić information content (AvgIpc) is 2.33. The molecule has 0 aliphatic rings. The molecule has 0 aliphatic carbocycles. The molecule has 2 unspecified atom stereocenters. The molecule has 4 N–H and O–H groups in total. The van der Waals surface area contributed by atoms with Crippen LogP contribution in [0.25, 0.3) is 0 Å². The van der Waals surface area contributed by atoms with E-state index in [1.165, 1.54) is 0 Å². The minimum Gasteiger partial charge on any atom is -0.457 e. The molecule has 0 aromatic carbocycles. The van der Waals surface area contributed by atoms with Crippen LogP contribution in [-0.2, 0) is 9.53 Å². The molecule has 7 nitrogen and oxygen atoms in total. The van der Waals surface area contributed by atoms with Crippen molar-refractivity contribution in [2.24, 2.45) is 0 Å². The summed E-state index contributed by atoms with van der Waals surface area (Å²) in [6.45, 7) is -0.607. The monoisotopic (exact) mass is 265 g/mol. The number of aliphatic hydroxyl groups excluding tert-OH is 4. The predicted octanol–water partition coefficient (Wildman–Crippen LogP) is -2.05. The Morgan fingerprint density at radius 1 is 1.17 bits per heavy atom. The smallest absolute Gasteiger partial charge is 0.306 e. The quantitative estimate of drug-likeness (QED) is 0.355. The third-order valence-corrected chi connectivity index (χ3v) is 2.39. The summed E-state index contributed by atoms with van der Waals surface area (Å²) in [5.41, 5.74) is 0. The van der Waals surface area contributed by atoms with E-state index in [0.717, 1.165) is 0 Å². The van der Waals surface area contributed by atoms with Gasteiger partial charge in [-0.2, -0.15) is 0 Å². The fourth-order valence-electron chi connectivity index (χ4n) is 1.37. The lowest BCUT2D eigenvalue weighted by molar-refractivity contribution is -0.169. The number of nitrogens with zero attached hydrogens (tertiary/aromatic N) is 1. The molecule has 0 heterocycles. The first kappa shape index (κ1) is 17.3. The maximum absolute atomic E-state index is 11.4. The van der Waals surface area contributed by atoms with Crippen molar-refractivity contribution in [3.63, 3.8) is 0 Å². The fraction of sp³-hybridized carbons (Fsp3) is 0.909. The number of aliphatic hydroxyl groups is 4. The lowest BCUT2D eigenvalue weighted by atomic mass is 10.1. The highest BCUT2D eigenvalue weighted by molar-refractivity contribution is 5.69. The van der Waals surface area contributed by atoms with Gasteiger partial charge in [-0.05, 0) is 27.1 Å². The number of esters is 1. The van der Waals surface area contributed by atoms with E-state index in [-0.39, 0.29) is 6.42 Å². The Hall–Kier alpha value is -0.730. The fourth-order valence-corrected chi connectivity index (χ4v) is 1.37. The van der Waals surface area contributed by atoms with Crippen molar-refractivity contribution in [3.05, 3.63) is 0 Å². The van der Waals surface area contributed by atoms with Crippen LogP contribution in [0.15, 0.2) is 0 Å². The summed E-state index contributed by atoms with van der Waals surface area (Å²) < 4.78 is 4.86. The van der Waals surface area contributed by atoms with E-state index >= 15 is 0 Å². The van der Waals surface area contributed by atoms with Crippen molar-refractivity contribution in [2.75, 3.05) is 33.9 Å². The van der Waals surface area contributed by atoms with Gasteiger partial charge < -0.3 is 30.1 Å². The summed E-state index contributed by atoms with van der Waals surface area (Å²) in [6.07, 6.45) is -3.41. The standard InChI is InChI=1S/C11H23NO6/c1-12(2)5-3-4-10(17)18-11(8(15)6-13)9(16)7-14/h8-9,11,13-16H,3-7H2,1-2H3. The zero-order chi connectivity index (χ0) is 14.1. The minimum atomic E-state index is -1.41. The number of carbonyl (C=O) groups excluding carboxylic acids is 1. The van der Waals surface area contributed by atoms with Gasteiger partial charge in [-0.15, -0.1) is 0 Å². The van der Waals surface area contributed by atoms with E-state index in [2.05, 4.69) is 0 Å². The van der Waals surface area contributed by atoms with E-state index < -0.39 is 37.5 Å². The van der Waals surface area contributed by atoms with Gasteiger partial charge in [0.05, 0.1) is 13.2 Å². The van der Waals surface area contributed by atoms with Gasteiger partial charge in [-0.3, -0.25) is 4.79 Å². The highest BCUT2D eigenvalue weighted by Crippen LogP contribution is 2.08. The SMILES string of the molecule is CN(C)CCCC(=O)OC(C(O)CO)C(O)CO. The average molecular weight is 265 g/mol. The van der Waals surface area contributed by atoms with E-state index in [1.54, 1.807) is 0 Å². The van der Waals surface area contributed by atoms with Gasteiger partial charge in [-0.25, -0.2) is 0 Å². The minimum absolute atomic E-state index is 0.144. The summed E-state index contributed by atoms with van der Waals surface area (Å²) >= 11 is 0. The Kier molecular flexibility index (Phi) is 8.86. The number of rotatable bonds is 9. The zero-order valence-corrected chi connectivity index (χ0v) is 10.8. The molecule has 108 valence electrons. The normalized spacial score (nSPS) is 16.4. The van der Waals surface area contributed by atoms with Crippen molar-refractivity contribution in [1.82, 2.24) is 4.90 Å². The topological polar surface area (TPSA) is 110 Å². The Bertz CT molecular complexity index is 226. The molecule has 0 aliphatic heterocycles. The highest BCUT2D eigenvalue weighted by atomic mass is 16.6. The van der Waals surface area contributed by atoms with E-state index in [9.17, 15) is 15.0 Å². The molecule has 0 saturated carbocycles. The molecule has 0 bridgehead atoms. The van der Waals surface area contributed by atoms with Crippen molar-refractivity contribution >= 4 is 5.97 Å². The molecule has 0 rings (SSSR count). The van der Waals surface area contributed by atoms with Gasteiger partial charge in [0, 0.05) is 6.42 Å². The summed E-state index contributed by atoms with van der Waals surface area (Å²) in [5, 5.41) is 36.3. The van der Waals surface area contributed by atoms with Crippen LogP contribution in [0.4, 0.5) is 0 Å². The number of ether oxygens (including phenoxy) is 1. The van der Waals surface area contributed by atoms with Crippen LogP contribution in [0.1, 0.15) is 12.8 Å². The molecule has 18 heavy (non-hydrogen) atoms. The molecule has 0 amide bonds. The van der Waals surface area contributed by atoms with E-state index in [0.29, 0.717) is 13.0 Å². The Morgan fingerprint density at radius 3 is 2.06 bits per heavy atom. The van der Waals surface area contributed by atoms with E-state index in [1.807, 2.05) is 19.0 Å². The molecule has 0 spiro atoms. The molecule has 0 radical (unpaired) electrons. The first-order valence-corrected chi connectivity index (χ1v) is 5.84. The molecule has 0 fully saturated rings. The number of hydrogen-bond acceptors (Lipinski definition) is 7. The third kappa shape index (κ3) is 6.87. The summed E-state index contributed by atoms with van der Waals surface area (Å²) in [7, 11) is 3.75. The maximum Gasteiger partial charge on any atom is 0.306 e. The molecule has 0 aromatic heterocycles. The van der Waals surface area contributed by atoms with Crippen LogP contribution in [0.5, 0.6) is 0 Å². The zero-order valence-electron chi connectivity index (χ0n) is 10.8. The van der Waals surface area contributed by atoms with Crippen LogP contribution in [0.2, 0.25) is 0 Å². The number of hydrogen-bond donors (Lipinski definition) is 4. The summed E-state index contributed by atoms with van der Waals surface area (Å²) in [4.78, 5) is 13.4. The molecular weight excluding hydrogens is 242 g/mol. The second-order valence-electron chi connectivity index (χ2n) is 4.36. The van der Waals surface area contributed by atoms with Crippen molar-refractivity contribution < 1.29 is 30.0 Å². The van der Waals surface area contributed by atoms with Crippen molar-refractivity contribution in [3.8, 4) is 0 Å². The van der Waals surface area contributed by atoms with Crippen molar-refractivity contribution in [1.29, 1.82) is 0 Å². The van der Waals surface area contributed by atoms with Gasteiger partial charge in [-0.1, -0.05) is 0 Å². The largest absolute Gasteiger partial charge is 0.457 e. The lowest BCUT2D eigenvalue weighted by Crippen LogP contribution is -2.44. The van der Waals surface area contributed by atoms with E-state index in [4.69, 9.17) is 14.9 Å². The summed E-state index contributed by atoms with van der Waals surface area (Å²) in [6, 6.07) is 0. The Balaban J connectivity index is 4.18. The summed E-state index contributed by atoms with van der Waals surface area (Å²) in [5.74, 6) is -0.582. The molecule has 0 saturated heterocycles. The number of carbonyl (C=O) groups is 1. The van der Waals surface area contributed by atoms with Gasteiger partial charge in [0.15, 0.2) is 6.10 Å². The first-order valence-electron chi connectivity index (χ1n) is 5.84. The van der Waals surface area contributed by atoms with Gasteiger partial charge in [0.1, 0.15) is 12.2 Å². The van der Waals surface area contributed by atoms with Crippen LogP contribution in [0.3, 0.4) is 0 Å². The maximum atomic E-state index is 11.4.